The molecule has 0 saturated heterocycles. The van der Waals surface area contributed by atoms with Crippen molar-refractivity contribution in [3.63, 3.8) is 0 Å². The zero-order valence-corrected chi connectivity index (χ0v) is 35.9. The smallest absolute Gasteiger partial charge is 0.199 e. The van der Waals surface area contributed by atoms with Crippen molar-refractivity contribution >= 4 is 56.2 Å². The first-order chi connectivity index (χ1) is 32.7. The van der Waals surface area contributed by atoms with Crippen molar-refractivity contribution < 1.29 is 0 Å². The monoisotopic (exact) mass is 850 g/mol. The van der Waals surface area contributed by atoms with Crippen molar-refractivity contribution in [2.45, 2.75) is 0 Å². The zero-order chi connectivity index (χ0) is 44.4. The number of anilines is 6. The summed E-state index contributed by atoms with van der Waals surface area (Å²) in [6.07, 6.45) is 0. The molecule has 0 spiro atoms. The van der Waals surface area contributed by atoms with Crippen LogP contribution < -0.4 is 20.7 Å². The highest BCUT2D eigenvalue weighted by atomic mass is 16.1. The van der Waals surface area contributed by atoms with E-state index in [2.05, 4.69) is 91.7 Å². The SMILES string of the molecule is O=c1c(-c2ccccc2)c(N(c2ccccc2)c2ccccc2)n(-c2ccccc2)c2cc3c(cc12)c(=O)c(-c1ccccc1)c(N(c1ccccc1)c1ccccc1)n3-c1ccccc1. The predicted molar refractivity (Wildman–Crippen MR) is 273 cm³/mol. The van der Waals surface area contributed by atoms with E-state index >= 15 is 9.59 Å². The molecule has 0 radical (unpaired) electrons. The van der Waals surface area contributed by atoms with E-state index in [0.29, 0.717) is 44.6 Å². The maximum atomic E-state index is 16.0. The quantitative estimate of drug-likeness (QED) is 0.129. The minimum Gasteiger partial charge on any atom is -0.296 e. The molecule has 0 bridgehead atoms. The fraction of sp³-hybridized carbons (Fsp3) is 0. The first kappa shape index (κ1) is 39.8. The third-order valence-electron chi connectivity index (χ3n) is 12.0. The van der Waals surface area contributed by atoms with Gasteiger partial charge in [0.25, 0.3) is 0 Å². The van der Waals surface area contributed by atoms with Crippen molar-refractivity contribution in [2.75, 3.05) is 9.80 Å². The lowest BCUT2D eigenvalue weighted by Crippen LogP contribution is -2.25. The van der Waals surface area contributed by atoms with E-state index in [1.54, 1.807) is 0 Å². The lowest BCUT2D eigenvalue weighted by atomic mass is 9.97. The van der Waals surface area contributed by atoms with Crippen LogP contribution in [0.1, 0.15) is 0 Å². The maximum Gasteiger partial charge on any atom is 0.199 e. The molecule has 11 rings (SSSR count). The van der Waals surface area contributed by atoms with Crippen LogP contribution in [0.2, 0.25) is 0 Å². The van der Waals surface area contributed by atoms with Gasteiger partial charge in [-0.2, -0.15) is 0 Å². The molecular weight excluding hydrogens is 809 g/mol. The summed E-state index contributed by atoms with van der Waals surface area (Å²) in [5.74, 6) is 1.32. The summed E-state index contributed by atoms with van der Waals surface area (Å²) < 4.78 is 4.38. The van der Waals surface area contributed by atoms with Crippen molar-refractivity contribution in [1.29, 1.82) is 0 Å². The Morgan fingerprint density at radius 1 is 0.288 bits per heavy atom. The molecule has 6 heteroatoms. The largest absolute Gasteiger partial charge is 0.296 e. The van der Waals surface area contributed by atoms with Crippen LogP contribution in [0.4, 0.5) is 34.4 Å². The lowest BCUT2D eigenvalue weighted by Gasteiger charge is -2.33. The molecule has 0 N–H and O–H groups in total. The number of fused-ring (bicyclic) bond motifs is 2. The van der Waals surface area contributed by atoms with Crippen molar-refractivity contribution in [3.8, 4) is 33.6 Å². The van der Waals surface area contributed by atoms with Crippen LogP contribution in [-0.4, -0.2) is 9.13 Å². The van der Waals surface area contributed by atoms with E-state index in [9.17, 15) is 0 Å². The van der Waals surface area contributed by atoms with Gasteiger partial charge in [0, 0.05) is 44.9 Å². The molecule has 6 nitrogen and oxygen atoms in total. The number of aromatic nitrogens is 2. The van der Waals surface area contributed by atoms with Gasteiger partial charge in [0.1, 0.15) is 11.6 Å². The molecule has 66 heavy (non-hydrogen) atoms. The van der Waals surface area contributed by atoms with Gasteiger partial charge in [0.15, 0.2) is 10.9 Å². The number of nitrogens with zero attached hydrogens (tertiary/aromatic N) is 4. The minimum absolute atomic E-state index is 0.191. The van der Waals surface area contributed by atoms with Crippen LogP contribution in [0.5, 0.6) is 0 Å². The molecule has 0 saturated carbocycles. The van der Waals surface area contributed by atoms with Gasteiger partial charge in [0.2, 0.25) is 0 Å². The summed E-state index contributed by atoms with van der Waals surface area (Å²) in [4.78, 5) is 36.2. The van der Waals surface area contributed by atoms with Gasteiger partial charge < -0.3 is 0 Å². The summed E-state index contributed by atoms with van der Waals surface area (Å²) in [7, 11) is 0. The van der Waals surface area contributed by atoms with Crippen molar-refractivity contribution in [3.05, 3.63) is 275 Å². The summed E-state index contributed by atoms with van der Waals surface area (Å²) in [6, 6.07) is 84.6. The molecule has 0 aliphatic rings. The van der Waals surface area contributed by atoms with E-state index in [-0.39, 0.29) is 10.9 Å². The van der Waals surface area contributed by atoms with Gasteiger partial charge in [-0.3, -0.25) is 28.5 Å². The minimum atomic E-state index is -0.191. The fourth-order valence-electron chi connectivity index (χ4n) is 9.16. The summed E-state index contributed by atoms with van der Waals surface area (Å²) in [5.41, 5.74) is 8.60. The third-order valence-corrected chi connectivity index (χ3v) is 12.0. The predicted octanol–water partition coefficient (Wildman–Crippen LogP) is 14.6. The second-order valence-corrected chi connectivity index (χ2v) is 16.0. The zero-order valence-electron chi connectivity index (χ0n) is 35.9. The Balaban J connectivity index is 1.39. The number of para-hydroxylation sites is 6. The standard InChI is InChI=1S/C60H42N4O2/c65-57-51-41-52-54(64(50-39-23-8-24-40-50)60(56(58(52)66)44-27-11-2-12-28-44)62(47-33-17-5-18-34-47)48-35-19-6-20-36-48)42-53(51)63(49-37-21-7-22-38-49)59(55(57)43-25-9-1-10-26-43)61(45-29-13-3-14-30-45)46-31-15-4-16-32-46/h1-42H. The molecule has 0 amide bonds. The molecule has 0 fully saturated rings. The van der Waals surface area contributed by atoms with Crippen LogP contribution in [0.25, 0.3) is 55.4 Å². The molecule has 0 atom stereocenters. The van der Waals surface area contributed by atoms with Gasteiger partial charge >= 0.3 is 0 Å². The normalized spacial score (nSPS) is 11.2. The molecule has 314 valence electrons. The first-order valence-electron chi connectivity index (χ1n) is 22.0. The number of rotatable bonds is 10. The van der Waals surface area contributed by atoms with E-state index in [4.69, 9.17) is 0 Å². The highest BCUT2D eigenvalue weighted by molar-refractivity contribution is 6.05. The lowest BCUT2D eigenvalue weighted by molar-refractivity contribution is 1.04. The van der Waals surface area contributed by atoms with E-state index in [0.717, 1.165) is 45.3 Å². The molecule has 2 heterocycles. The highest BCUT2D eigenvalue weighted by Crippen LogP contribution is 2.46. The molecule has 9 aromatic carbocycles. The number of hydrogen-bond donors (Lipinski definition) is 0. The second-order valence-electron chi connectivity index (χ2n) is 16.0. The van der Waals surface area contributed by atoms with Crippen molar-refractivity contribution in [1.82, 2.24) is 9.13 Å². The molecule has 0 unspecified atom stereocenters. The average molecular weight is 851 g/mol. The van der Waals surface area contributed by atoms with Gasteiger partial charge in [-0.25, -0.2) is 0 Å². The Morgan fingerprint density at radius 3 is 0.833 bits per heavy atom. The van der Waals surface area contributed by atoms with Crippen LogP contribution in [-0.2, 0) is 0 Å². The molecule has 11 aromatic rings. The molecule has 0 aliphatic heterocycles. The first-order valence-corrected chi connectivity index (χ1v) is 22.0. The Labute approximate surface area is 382 Å². The molecule has 2 aromatic heterocycles. The molecular formula is C60H42N4O2. The Bertz CT molecular complexity index is 3270. The second kappa shape index (κ2) is 17.3. The Hall–Kier alpha value is -9.00. The van der Waals surface area contributed by atoms with Gasteiger partial charge in [-0.15, -0.1) is 0 Å². The van der Waals surface area contributed by atoms with Crippen LogP contribution in [0.3, 0.4) is 0 Å². The number of benzene rings is 9. The Kier molecular flexibility index (Phi) is 10.4. The number of pyridine rings is 2. The summed E-state index contributed by atoms with van der Waals surface area (Å²) >= 11 is 0. The highest BCUT2D eigenvalue weighted by Gasteiger charge is 2.30. The van der Waals surface area contributed by atoms with Crippen LogP contribution >= 0.6 is 0 Å². The van der Waals surface area contributed by atoms with Gasteiger partial charge in [-0.05, 0) is 96.1 Å². The van der Waals surface area contributed by atoms with E-state index in [1.807, 2.05) is 182 Å². The van der Waals surface area contributed by atoms with Gasteiger partial charge in [0.05, 0.1) is 22.2 Å². The molecule has 0 aliphatic carbocycles. The van der Waals surface area contributed by atoms with Gasteiger partial charge in [-0.1, -0.05) is 170 Å². The topological polar surface area (TPSA) is 50.5 Å². The van der Waals surface area contributed by atoms with Crippen LogP contribution in [0.15, 0.2) is 264 Å². The third kappa shape index (κ3) is 7.03. The summed E-state index contributed by atoms with van der Waals surface area (Å²) in [6.45, 7) is 0. The van der Waals surface area contributed by atoms with E-state index in [1.165, 1.54) is 0 Å². The number of hydrogen-bond acceptors (Lipinski definition) is 4. The average Bonchev–Trinajstić information content (AvgIpc) is 3.39. The fourth-order valence-corrected chi connectivity index (χ4v) is 9.16. The van der Waals surface area contributed by atoms with E-state index < -0.39 is 0 Å². The maximum absolute atomic E-state index is 16.0. The summed E-state index contributed by atoms with van der Waals surface area (Å²) in [5, 5.41) is 0.836. The van der Waals surface area contributed by atoms with Crippen molar-refractivity contribution in [2.24, 2.45) is 0 Å². The Morgan fingerprint density at radius 2 is 0.545 bits per heavy atom. The van der Waals surface area contributed by atoms with Crippen LogP contribution in [0, 0.1) is 0 Å².